The molecule has 0 spiro atoms. The van der Waals surface area contributed by atoms with Crippen LogP contribution in [0.2, 0.25) is 0 Å². The standard InChI is InChI=1S/C27H26N4O/c1-19(2)14-16-30-25-13-6-4-11-23(25)29-26(30)18-31-24-12-5-3-10-21(24)22(27(31)32)17-20-9-7-8-15-28-20/h3-13,15,17,19H,14,16,18H2,1-2H3/b22-17+. The van der Waals surface area contributed by atoms with Crippen LogP contribution in [0.5, 0.6) is 0 Å². The molecule has 0 saturated heterocycles. The number of carbonyl (C=O) groups excluding carboxylic acids is 1. The lowest BCUT2D eigenvalue weighted by Gasteiger charge is -2.18. The molecule has 2 aromatic carbocycles. The Balaban J connectivity index is 1.55. The number of fused-ring (bicyclic) bond motifs is 2. The normalized spacial score (nSPS) is 14.7. The summed E-state index contributed by atoms with van der Waals surface area (Å²) in [5.41, 5.74) is 5.39. The van der Waals surface area contributed by atoms with Gasteiger partial charge in [-0.05, 0) is 48.7 Å². The number of nitrogens with zero attached hydrogens (tertiary/aromatic N) is 4. The second-order valence-electron chi connectivity index (χ2n) is 8.57. The fourth-order valence-electron chi connectivity index (χ4n) is 4.24. The van der Waals surface area contributed by atoms with Crippen LogP contribution in [0.1, 0.15) is 37.4 Å². The Bertz CT molecular complexity index is 1300. The number of hydrogen-bond acceptors (Lipinski definition) is 3. The minimum absolute atomic E-state index is 0.0145. The third-order valence-electron chi connectivity index (χ3n) is 5.90. The second kappa shape index (κ2) is 8.42. The highest BCUT2D eigenvalue weighted by atomic mass is 16.2. The Kier molecular flexibility index (Phi) is 5.31. The summed E-state index contributed by atoms with van der Waals surface area (Å²) < 4.78 is 2.27. The number of pyridine rings is 1. The van der Waals surface area contributed by atoms with Crippen LogP contribution < -0.4 is 4.90 Å². The van der Waals surface area contributed by atoms with Gasteiger partial charge in [0.15, 0.2) is 0 Å². The maximum atomic E-state index is 13.6. The molecule has 2 aromatic heterocycles. The Morgan fingerprint density at radius 2 is 1.75 bits per heavy atom. The molecule has 5 nitrogen and oxygen atoms in total. The van der Waals surface area contributed by atoms with Crippen molar-refractivity contribution in [2.75, 3.05) is 4.90 Å². The number of para-hydroxylation sites is 3. The van der Waals surface area contributed by atoms with E-state index in [1.807, 2.05) is 71.6 Å². The van der Waals surface area contributed by atoms with Gasteiger partial charge in [0.2, 0.25) is 0 Å². The minimum atomic E-state index is -0.0145. The molecule has 1 aliphatic rings. The largest absolute Gasteiger partial charge is 0.326 e. The minimum Gasteiger partial charge on any atom is -0.326 e. The molecule has 0 radical (unpaired) electrons. The Morgan fingerprint density at radius 3 is 2.56 bits per heavy atom. The molecule has 0 bridgehead atoms. The number of aryl methyl sites for hydroxylation is 1. The van der Waals surface area contributed by atoms with E-state index in [9.17, 15) is 4.79 Å². The maximum absolute atomic E-state index is 13.6. The van der Waals surface area contributed by atoms with Crippen LogP contribution in [0.15, 0.2) is 72.9 Å². The van der Waals surface area contributed by atoms with E-state index in [4.69, 9.17) is 4.98 Å². The van der Waals surface area contributed by atoms with Gasteiger partial charge in [-0.1, -0.05) is 50.2 Å². The van der Waals surface area contributed by atoms with Crippen LogP contribution in [0, 0.1) is 5.92 Å². The Labute approximate surface area is 188 Å². The van der Waals surface area contributed by atoms with Gasteiger partial charge in [-0.3, -0.25) is 9.78 Å². The van der Waals surface area contributed by atoms with E-state index in [2.05, 4.69) is 29.5 Å². The van der Waals surface area contributed by atoms with E-state index >= 15 is 0 Å². The SMILES string of the molecule is CC(C)CCn1c(CN2C(=O)/C(=C/c3ccccn3)c3ccccc32)nc2ccccc21. The van der Waals surface area contributed by atoms with Crippen molar-refractivity contribution in [3.05, 3.63) is 90.0 Å². The predicted octanol–water partition coefficient (Wildman–Crippen LogP) is 5.56. The Morgan fingerprint density at radius 1 is 0.969 bits per heavy atom. The zero-order chi connectivity index (χ0) is 22.1. The molecule has 3 heterocycles. The molecule has 5 rings (SSSR count). The van der Waals surface area contributed by atoms with Crippen molar-refractivity contribution in [1.29, 1.82) is 0 Å². The van der Waals surface area contributed by atoms with Gasteiger partial charge in [0.25, 0.3) is 5.91 Å². The van der Waals surface area contributed by atoms with Crippen molar-refractivity contribution in [3.8, 4) is 0 Å². The third-order valence-corrected chi connectivity index (χ3v) is 5.90. The van der Waals surface area contributed by atoms with E-state index in [1.54, 1.807) is 6.20 Å². The van der Waals surface area contributed by atoms with E-state index in [-0.39, 0.29) is 5.91 Å². The monoisotopic (exact) mass is 422 g/mol. The van der Waals surface area contributed by atoms with Crippen LogP contribution in [-0.4, -0.2) is 20.4 Å². The number of amides is 1. The fourth-order valence-corrected chi connectivity index (χ4v) is 4.24. The van der Waals surface area contributed by atoms with Crippen molar-refractivity contribution < 1.29 is 4.79 Å². The molecule has 32 heavy (non-hydrogen) atoms. The first-order valence-electron chi connectivity index (χ1n) is 11.1. The molecule has 0 N–H and O–H groups in total. The molecule has 0 aliphatic carbocycles. The zero-order valence-electron chi connectivity index (χ0n) is 18.4. The van der Waals surface area contributed by atoms with Crippen LogP contribution in [0.25, 0.3) is 22.7 Å². The summed E-state index contributed by atoms with van der Waals surface area (Å²) in [5, 5.41) is 0. The van der Waals surface area contributed by atoms with Gasteiger partial charge in [-0.25, -0.2) is 4.98 Å². The van der Waals surface area contributed by atoms with Crippen molar-refractivity contribution in [2.45, 2.75) is 33.4 Å². The number of aromatic nitrogens is 3. The van der Waals surface area contributed by atoms with Crippen LogP contribution in [-0.2, 0) is 17.9 Å². The van der Waals surface area contributed by atoms with Gasteiger partial charge < -0.3 is 9.47 Å². The molecule has 0 atom stereocenters. The topological polar surface area (TPSA) is 51.0 Å². The summed E-state index contributed by atoms with van der Waals surface area (Å²) in [7, 11) is 0. The summed E-state index contributed by atoms with van der Waals surface area (Å²) in [4.78, 5) is 24.7. The van der Waals surface area contributed by atoms with Gasteiger partial charge in [0.05, 0.1) is 34.5 Å². The van der Waals surface area contributed by atoms with Gasteiger partial charge in [-0.15, -0.1) is 0 Å². The molecular formula is C27H26N4O. The maximum Gasteiger partial charge on any atom is 0.259 e. The van der Waals surface area contributed by atoms with Crippen molar-refractivity contribution in [1.82, 2.24) is 14.5 Å². The summed E-state index contributed by atoms with van der Waals surface area (Å²) in [6.45, 7) is 5.78. The highest BCUT2D eigenvalue weighted by molar-refractivity contribution is 6.35. The molecular weight excluding hydrogens is 396 g/mol. The summed E-state index contributed by atoms with van der Waals surface area (Å²) in [6, 6.07) is 21.9. The number of anilines is 1. The van der Waals surface area contributed by atoms with Crippen LogP contribution in [0.3, 0.4) is 0 Å². The first kappa shape index (κ1) is 20.2. The van der Waals surface area contributed by atoms with Gasteiger partial charge in [0.1, 0.15) is 5.82 Å². The number of benzene rings is 2. The molecule has 0 unspecified atom stereocenters. The molecule has 5 heteroatoms. The lowest BCUT2D eigenvalue weighted by Crippen LogP contribution is -2.27. The average molecular weight is 423 g/mol. The van der Waals surface area contributed by atoms with E-state index in [0.717, 1.165) is 46.8 Å². The number of imidazole rings is 1. The van der Waals surface area contributed by atoms with E-state index in [1.165, 1.54) is 0 Å². The quantitative estimate of drug-likeness (QED) is 0.382. The first-order valence-corrected chi connectivity index (χ1v) is 11.1. The van der Waals surface area contributed by atoms with Crippen molar-refractivity contribution >= 4 is 34.3 Å². The zero-order valence-corrected chi connectivity index (χ0v) is 18.4. The second-order valence-corrected chi connectivity index (χ2v) is 8.57. The van der Waals surface area contributed by atoms with Crippen molar-refractivity contribution in [2.24, 2.45) is 5.92 Å². The smallest absolute Gasteiger partial charge is 0.259 e. The van der Waals surface area contributed by atoms with Crippen molar-refractivity contribution in [3.63, 3.8) is 0 Å². The average Bonchev–Trinajstić information content (AvgIpc) is 3.29. The van der Waals surface area contributed by atoms with Gasteiger partial charge in [-0.2, -0.15) is 0 Å². The van der Waals surface area contributed by atoms with E-state index in [0.29, 0.717) is 18.0 Å². The molecule has 0 fully saturated rings. The Hall–Kier alpha value is -3.73. The van der Waals surface area contributed by atoms with Crippen LogP contribution in [0.4, 0.5) is 5.69 Å². The number of carbonyl (C=O) groups is 1. The third kappa shape index (κ3) is 3.71. The summed E-state index contributed by atoms with van der Waals surface area (Å²) in [5.74, 6) is 1.49. The molecule has 1 aliphatic heterocycles. The van der Waals surface area contributed by atoms with E-state index < -0.39 is 0 Å². The van der Waals surface area contributed by atoms with Crippen LogP contribution >= 0.6 is 0 Å². The number of rotatable bonds is 6. The lowest BCUT2D eigenvalue weighted by molar-refractivity contribution is -0.113. The number of hydrogen-bond donors (Lipinski definition) is 0. The molecule has 160 valence electrons. The summed E-state index contributed by atoms with van der Waals surface area (Å²) >= 11 is 0. The summed E-state index contributed by atoms with van der Waals surface area (Å²) in [6.07, 6.45) is 4.68. The highest BCUT2D eigenvalue weighted by Crippen LogP contribution is 2.38. The molecule has 0 saturated carbocycles. The first-order chi connectivity index (χ1) is 15.6. The van der Waals surface area contributed by atoms with Gasteiger partial charge >= 0.3 is 0 Å². The highest BCUT2D eigenvalue weighted by Gasteiger charge is 2.33. The molecule has 1 amide bonds. The predicted molar refractivity (Wildman–Crippen MR) is 129 cm³/mol. The fraction of sp³-hybridized carbons (Fsp3) is 0.222. The molecule has 4 aromatic rings. The van der Waals surface area contributed by atoms with Gasteiger partial charge in [0, 0.05) is 18.3 Å². The lowest BCUT2D eigenvalue weighted by atomic mass is 10.1.